The van der Waals surface area contributed by atoms with Crippen LogP contribution in [-0.2, 0) is 6.42 Å². The first-order chi connectivity index (χ1) is 8.20. The Morgan fingerprint density at radius 2 is 2.18 bits per heavy atom. The smallest absolute Gasteiger partial charge is 0.142 e. The van der Waals surface area contributed by atoms with Crippen LogP contribution in [0.15, 0.2) is 34.9 Å². The van der Waals surface area contributed by atoms with Gasteiger partial charge in [0.1, 0.15) is 5.82 Å². The molecular weight excluding hydrogens is 278 g/mol. The molecule has 1 aromatic heterocycles. The second kappa shape index (κ2) is 5.07. The van der Waals surface area contributed by atoms with E-state index in [1.54, 1.807) is 6.20 Å². The number of aromatic nitrogens is 2. The van der Waals surface area contributed by atoms with Gasteiger partial charge in [-0.15, -0.1) is 0 Å². The van der Waals surface area contributed by atoms with Crippen LogP contribution in [0, 0.1) is 18.3 Å². The fourth-order valence-corrected chi connectivity index (χ4v) is 1.94. The maximum Gasteiger partial charge on any atom is 0.142 e. The van der Waals surface area contributed by atoms with Gasteiger partial charge < -0.3 is 0 Å². The highest BCUT2D eigenvalue weighted by molar-refractivity contribution is 9.10. The van der Waals surface area contributed by atoms with E-state index in [9.17, 15) is 0 Å². The summed E-state index contributed by atoms with van der Waals surface area (Å²) in [5.74, 6) is 0.560. The number of hydrogen-bond acceptors (Lipinski definition) is 3. The number of rotatable bonds is 2. The van der Waals surface area contributed by atoms with E-state index >= 15 is 0 Å². The van der Waals surface area contributed by atoms with E-state index in [0.717, 1.165) is 21.3 Å². The van der Waals surface area contributed by atoms with Crippen LogP contribution in [0.25, 0.3) is 11.3 Å². The number of hydrogen-bond donors (Lipinski definition) is 0. The van der Waals surface area contributed by atoms with Gasteiger partial charge in [0.2, 0.25) is 0 Å². The molecule has 17 heavy (non-hydrogen) atoms. The summed E-state index contributed by atoms with van der Waals surface area (Å²) >= 11 is 3.45. The van der Waals surface area contributed by atoms with Crippen molar-refractivity contribution in [2.45, 2.75) is 13.3 Å². The molecule has 4 heteroatoms. The predicted octanol–water partition coefficient (Wildman–Crippen LogP) is 3.28. The van der Waals surface area contributed by atoms with Crippen molar-refractivity contribution in [2.24, 2.45) is 0 Å². The minimum Gasteiger partial charge on any atom is -0.240 e. The molecule has 1 aromatic carbocycles. The van der Waals surface area contributed by atoms with Crippen LogP contribution in [-0.4, -0.2) is 9.97 Å². The lowest BCUT2D eigenvalue weighted by atomic mass is 10.1. The van der Waals surface area contributed by atoms with Gasteiger partial charge >= 0.3 is 0 Å². The lowest BCUT2D eigenvalue weighted by molar-refractivity contribution is 0.998. The van der Waals surface area contributed by atoms with Crippen LogP contribution >= 0.6 is 15.9 Å². The average Bonchev–Trinajstić information content (AvgIpc) is 2.33. The first kappa shape index (κ1) is 11.7. The second-order valence-electron chi connectivity index (χ2n) is 3.65. The zero-order chi connectivity index (χ0) is 12.3. The van der Waals surface area contributed by atoms with Crippen molar-refractivity contribution in [2.75, 3.05) is 0 Å². The highest BCUT2D eigenvalue weighted by Gasteiger charge is 2.05. The molecule has 2 aromatic rings. The van der Waals surface area contributed by atoms with Gasteiger partial charge in [-0.3, -0.25) is 0 Å². The molecule has 0 saturated heterocycles. The third-order valence-corrected chi connectivity index (χ3v) is 2.91. The van der Waals surface area contributed by atoms with Gasteiger partial charge in [-0.2, -0.15) is 5.26 Å². The van der Waals surface area contributed by atoms with Gasteiger partial charge in [-0.25, -0.2) is 9.97 Å². The van der Waals surface area contributed by atoms with E-state index in [-0.39, 0.29) is 6.42 Å². The Morgan fingerprint density at radius 1 is 1.35 bits per heavy atom. The van der Waals surface area contributed by atoms with Gasteiger partial charge in [0.05, 0.1) is 18.2 Å². The summed E-state index contributed by atoms with van der Waals surface area (Å²) in [4.78, 5) is 8.44. The van der Waals surface area contributed by atoms with Gasteiger partial charge in [0.25, 0.3) is 0 Å². The van der Waals surface area contributed by atoms with Crippen molar-refractivity contribution < 1.29 is 0 Å². The van der Waals surface area contributed by atoms with Crippen LogP contribution < -0.4 is 0 Å². The van der Waals surface area contributed by atoms with Crippen molar-refractivity contribution in [3.8, 4) is 17.3 Å². The van der Waals surface area contributed by atoms with Crippen LogP contribution in [0.5, 0.6) is 0 Å². The highest BCUT2D eigenvalue weighted by atomic mass is 79.9. The fourth-order valence-electron chi connectivity index (χ4n) is 1.58. The largest absolute Gasteiger partial charge is 0.240 e. The summed E-state index contributed by atoms with van der Waals surface area (Å²) in [6.45, 7) is 2.04. The van der Waals surface area contributed by atoms with E-state index in [1.165, 1.54) is 0 Å². The van der Waals surface area contributed by atoms with E-state index in [4.69, 9.17) is 5.26 Å². The average molecular weight is 288 g/mol. The third-order valence-electron chi connectivity index (χ3n) is 2.42. The number of nitrogens with zero attached hydrogens (tertiary/aromatic N) is 3. The maximum absolute atomic E-state index is 8.64. The molecule has 0 aliphatic carbocycles. The zero-order valence-electron chi connectivity index (χ0n) is 9.31. The number of aryl methyl sites for hydroxylation is 1. The molecule has 3 nitrogen and oxygen atoms in total. The molecule has 0 unspecified atom stereocenters. The molecule has 0 fully saturated rings. The van der Waals surface area contributed by atoms with E-state index in [2.05, 4.69) is 32.0 Å². The molecule has 2 rings (SSSR count). The van der Waals surface area contributed by atoms with Crippen LogP contribution in [0.2, 0.25) is 0 Å². The Balaban J connectivity index is 2.49. The highest BCUT2D eigenvalue weighted by Crippen LogP contribution is 2.25. The van der Waals surface area contributed by atoms with Gasteiger partial charge in [0, 0.05) is 16.2 Å². The second-order valence-corrected chi connectivity index (χ2v) is 4.57. The van der Waals surface area contributed by atoms with Gasteiger partial charge in [0.15, 0.2) is 0 Å². The minimum atomic E-state index is 0.237. The van der Waals surface area contributed by atoms with Crippen LogP contribution in [0.4, 0.5) is 0 Å². The molecule has 0 aliphatic heterocycles. The Bertz CT molecular complexity index is 587. The number of benzene rings is 1. The van der Waals surface area contributed by atoms with Gasteiger partial charge in [-0.05, 0) is 30.7 Å². The monoisotopic (exact) mass is 287 g/mol. The molecule has 0 atom stereocenters. The topological polar surface area (TPSA) is 49.6 Å². The molecule has 0 spiro atoms. The summed E-state index contributed by atoms with van der Waals surface area (Å²) in [6.07, 6.45) is 1.93. The molecule has 1 heterocycles. The lowest BCUT2D eigenvalue weighted by Gasteiger charge is -2.06. The Morgan fingerprint density at radius 3 is 2.94 bits per heavy atom. The molecule has 0 N–H and O–H groups in total. The standard InChI is InChI=1S/C13H10BrN3/c1-9-2-3-10(14)8-11(9)12-5-7-16-13(17-12)4-6-15/h2-3,5,7-8H,4H2,1H3. The molecule has 0 aliphatic rings. The molecule has 0 saturated carbocycles. The number of halogens is 1. The molecule has 0 radical (unpaired) electrons. The van der Waals surface area contributed by atoms with Crippen molar-refractivity contribution in [3.63, 3.8) is 0 Å². The fraction of sp³-hybridized carbons (Fsp3) is 0.154. The SMILES string of the molecule is Cc1ccc(Br)cc1-c1ccnc(CC#N)n1. The van der Waals surface area contributed by atoms with E-state index in [1.807, 2.05) is 31.2 Å². The van der Waals surface area contributed by atoms with E-state index in [0.29, 0.717) is 5.82 Å². The number of nitriles is 1. The third kappa shape index (κ3) is 2.69. The molecular formula is C13H10BrN3. The van der Waals surface area contributed by atoms with Crippen molar-refractivity contribution >= 4 is 15.9 Å². The zero-order valence-corrected chi connectivity index (χ0v) is 10.9. The predicted molar refractivity (Wildman–Crippen MR) is 69.2 cm³/mol. The first-order valence-electron chi connectivity index (χ1n) is 5.16. The van der Waals surface area contributed by atoms with Gasteiger partial charge in [-0.1, -0.05) is 22.0 Å². The van der Waals surface area contributed by atoms with Crippen LogP contribution in [0.1, 0.15) is 11.4 Å². The minimum absolute atomic E-state index is 0.237. The van der Waals surface area contributed by atoms with Crippen molar-refractivity contribution in [1.82, 2.24) is 9.97 Å². The quantitative estimate of drug-likeness (QED) is 0.852. The lowest BCUT2D eigenvalue weighted by Crippen LogP contribution is -1.95. The molecule has 84 valence electrons. The normalized spacial score (nSPS) is 9.94. The molecule has 0 amide bonds. The summed E-state index contributed by atoms with van der Waals surface area (Å²) in [5.41, 5.74) is 3.06. The van der Waals surface area contributed by atoms with Crippen molar-refractivity contribution in [3.05, 3.63) is 46.3 Å². The maximum atomic E-state index is 8.64. The summed E-state index contributed by atoms with van der Waals surface area (Å²) in [6, 6.07) is 9.96. The Hall–Kier alpha value is -1.73. The van der Waals surface area contributed by atoms with Crippen LogP contribution in [0.3, 0.4) is 0 Å². The summed E-state index contributed by atoms with van der Waals surface area (Å²) < 4.78 is 1.01. The summed E-state index contributed by atoms with van der Waals surface area (Å²) in [7, 11) is 0. The summed E-state index contributed by atoms with van der Waals surface area (Å²) in [5, 5.41) is 8.64. The molecule has 0 bridgehead atoms. The first-order valence-corrected chi connectivity index (χ1v) is 5.95. The Kier molecular flexibility index (Phi) is 3.50. The Labute approximate surface area is 108 Å². The van der Waals surface area contributed by atoms with Crippen molar-refractivity contribution in [1.29, 1.82) is 5.26 Å². The van der Waals surface area contributed by atoms with E-state index < -0.39 is 0 Å².